The molecule has 0 spiro atoms. The molecule has 4 rings (SSSR count). The molecule has 0 fully saturated rings. The maximum absolute atomic E-state index is 14.3. The van der Waals surface area contributed by atoms with E-state index >= 15 is 0 Å². The van der Waals surface area contributed by atoms with Crippen LogP contribution in [0.15, 0.2) is 72.1 Å². The van der Waals surface area contributed by atoms with Gasteiger partial charge in [0.1, 0.15) is 0 Å². The zero-order chi connectivity index (χ0) is 50.1. The molecule has 4 amide bonds. The van der Waals surface area contributed by atoms with Crippen LogP contribution in [-0.4, -0.2) is 113 Å². The summed E-state index contributed by atoms with van der Waals surface area (Å²) in [6, 6.07) is 5.11. The molecule has 67 heavy (non-hydrogen) atoms. The Morgan fingerprint density at radius 2 is 1.00 bits per heavy atom. The minimum atomic E-state index is -2.16. The molecular weight excluding hydrogens is 893 g/mol. The molecule has 0 unspecified atom stereocenters. The van der Waals surface area contributed by atoms with Crippen molar-refractivity contribution in [1.29, 1.82) is 0 Å². The zero-order valence-corrected chi connectivity index (χ0v) is 43.7. The molecule has 2 aromatic carbocycles. The molecule has 0 aliphatic carbocycles. The van der Waals surface area contributed by atoms with Crippen LogP contribution < -0.4 is 29.6 Å². The van der Waals surface area contributed by atoms with Gasteiger partial charge in [0, 0.05) is 31.0 Å². The second kappa shape index (κ2) is 22.5. The van der Waals surface area contributed by atoms with Crippen molar-refractivity contribution in [2.75, 3.05) is 51.3 Å². The molecule has 18 heteroatoms. The fraction of sp³-hybridized carbons (Fsp3) is 0.510. The van der Waals surface area contributed by atoms with Crippen LogP contribution in [0.1, 0.15) is 95.4 Å². The zero-order valence-electron chi connectivity index (χ0n) is 41.7. The third kappa shape index (κ3) is 13.8. The number of hydrogen-bond donors (Lipinski definition) is 4. The van der Waals surface area contributed by atoms with Crippen molar-refractivity contribution in [3.63, 3.8) is 0 Å². The van der Waals surface area contributed by atoms with Gasteiger partial charge in [-0.05, 0) is 86.2 Å². The lowest BCUT2D eigenvalue weighted by atomic mass is 10.1. The summed E-state index contributed by atoms with van der Waals surface area (Å²) in [7, 11) is -1.47. The molecule has 2 aliphatic rings. The minimum absolute atomic E-state index is 0.0104. The van der Waals surface area contributed by atoms with Crippen LogP contribution in [-0.2, 0) is 8.85 Å². The van der Waals surface area contributed by atoms with Crippen LogP contribution >= 0.6 is 0 Å². The van der Waals surface area contributed by atoms with Crippen LogP contribution in [0.5, 0.6) is 23.0 Å². The summed E-state index contributed by atoms with van der Waals surface area (Å²) in [5.41, 5.74) is 2.03. The van der Waals surface area contributed by atoms with E-state index in [2.05, 4.69) is 78.4 Å². The van der Waals surface area contributed by atoms with E-state index in [1.165, 1.54) is 38.5 Å². The molecule has 2 heterocycles. The molecular formula is C49H72N4O12Si2. The van der Waals surface area contributed by atoms with Crippen molar-refractivity contribution in [2.24, 2.45) is 0 Å². The number of nitrogens with zero attached hydrogens (tertiary/aromatic N) is 2. The lowest BCUT2D eigenvalue weighted by molar-refractivity contribution is 0.0731. The van der Waals surface area contributed by atoms with Crippen molar-refractivity contribution in [2.45, 2.75) is 123 Å². The van der Waals surface area contributed by atoms with Gasteiger partial charge in [-0.2, -0.15) is 0 Å². The monoisotopic (exact) mass is 964 g/mol. The first-order valence-corrected chi connectivity index (χ1v) is 28.4. The summed E-state index contributed by atoms with van der Waals surface area (Å²) < 4.78 is 36.5. The molecule has 0 radical (unpaired) electrons. The first kappa shape index (κ1) is 54.0. The predicted molar refractivity (Wildman–Crippen MR) is 266 cm³/mol. The maximum atomic E-state index is 14.3. The maximum Gasteiger partial charge on any atom is 0.409 e. The highest BCUT2D eigenvalue weighted by Crippen LogP contribution is 2.41. The van der Waals surface area contributed by atoms with Crippen molar-refractivity contribution in [1.82, 2.24) is 9.80 Å². The Bertz CT molecular complexity index is 2100. The van der Waals surface area contributed by atoms with Crippen molar-refractivity contribution < 1.29 is 57.2 Å². The van der Waals surface area contributed by atoms with Gasteiger partial charge < -0.3 is 47.8 Å². The van der Waals surface area contributed by atoms with Crippen LogP contribution in [0, 0.1) is 0 Å². The number of benzene rings is 2. The number of ether oxygens (including phenoxy) is 4. The second-order valence-electron chi connectivity index (χ2n) is 19.7. The lowest BCUT2D eigenvalue weighted by Crippen LogP contribution is -2.45. The van der Waals surface area contributed by atoms with Crippen LogP contribution in [0.4, 0.5) is 21.0 Å². The van der Waals surface area contributed by atoms with Gasteiger partial charge in [-0.1, -0.05) is 65.8 Å². The minimum Gasteiger partial charge on any atom is -0.493 e. The highest BCUT2D eigenvalue weighted by molar-refractivity contribution is 6.74. The summed E-state index contributed by atoms with van der Waals surface area (Å²) >= 11 is 0. The van der Waals surface area contributed by atoms with E-state index < -0.39 is 40.6 Å². The Morgan fingerprint density at radius 1 is 0.642 bits per heavy atom. The molecule has 2 atom stereocenters. The summed E-state index contributed by atoms with van der Waals surface area (Å²) in [6.07, 6.45) is 9.94. The highest BCUT2D eigenvalue weighted by Gasteiger charge is 2.41. The molecule has 0 saturated carbocycles. The summed E-state index contributed by atoms with van der Waals surface area (Å²) in [5.74, 6) is -0.0952. The molecule has 16 nitrogen and oxygen atoms in total. The largest absolute Gasteiger partial charge is 0.493 e. The average Bonchev–Trinajstić information content (AvgIpc) is 3.84. The Balaban J connectivity index is 1.54. The van der Waals surface area contributed by atoms with E-state index in [9.17, 15) is 29.4 Å². The van der Waals surface area contributed by atoms with Gasteiger partial charge in [0.15, 0.2) is 39.6 Å². The normalized spacial score (nSPS) is 16.9. The number of rotatable bonds is 20. The molecule has 2 aliphatic heterocycles. The van der Waals surface area contributed by atoms with Crippen molar-refractivity contribution in [3.05, 3.63) is 83.2 Å². The van der Waals surface area contributed by atoms with E-state index in [1.807, 2.05) is 38.2 Å². The fourth-order valence-corrected chi connectivity index (χ4v) is 9.08. The van der Waals surface area contributed by atoms with Gasteiger partial charge in [0.25, 0.3) is 11.8 Å². The van der Waals surface area contributed by atoms with Crippen LogP contribution in [0.2, 0.25) is 36.3 Å². The van der Waals surface area contributed by atoms with Gasteiger partial charge in [-0.3, -0.25) is 20.2 Å². The molecule has 4 N–H and O–H groups in total. The summed E-state index contributed by atoms with van der Waals surface area (Å²) in [4.78, 5) is 55.9. The Labute approximate surface area is 398 Å². The average molecular weight is 965 g/mol. The number of anilines is 2. The second-order valence-corrected chi connectivity index (χ2v) is 29.3. The topological polar surface area (TPSA) is 195 Å². The third-order valence-corrected chi connectivity index (χ3v) is 21.8. The first-order valence-electron chi connectivity index (χ1n) is 22.6. The Hall–Kier alpha value is -5.57. The number of hydrogen-bond acceptors (Lipinski definition) is 10. The van der Waals surface area contributed by atoms with E-state index in [0.717, 1.165) is 11.1 Å². The van der Waals surface area contributed by atoms with Gasteiger partial charge in [0.05, 0.1) is 75.2 Å². The number of carbonyl (C=O) groups excluding carboxylic acids is 2. The Morgan fingerprint density at radius 3 is 1.30 bits per heavy atom. The van der Waals surface area contributed by atoms with Crippen molar-refractivity contribution in [3.8, 4) is 23.0 Å². The van der Waals surface area contributed by atoms with Crippen LogP contribution in [0.25, 0.3) is 0 Å². The van der Waals surface area contributed by atoms with Gasteiger partial charge >= 0.3 is 12.2 Å². The van der Waals surface area contributed by atoms with Crippen LogP contribution in [0.3, 0.4) is 0 Å². The highest BCUT2D eigenvalue weighted by atomic mass is 28.4. The van der Waals surface area contributed by atoms with E-state index in [0.29, 0.717) is 32.5 Å². The number of methoxy groups -OCH3 is 2. The number of amides is 4. The quantitative estimate of drug-likeness (QED) is 0.0725. The number of carbonyl (C=O) groups is 4. The smallest absolute Gasteiger partial charge is 0.409 e. The Kier molecular flexibility index (Phi) is 18.1. The molecule has 368 valence electrons. The summed E-state index contributed by atoms with van der Waals surface area (Å²) in [5, 5.41) is 24.3. The third-order valence-electron chi connectivity index (χ3n) is 12.8. The molecule has 0 bridgehead atoms. The fourth-order valence-electron chi connectivity index (χ4n) is 6.99. The van der Waals surface area contributed by atoms with Gasteiger partial charge in [-0.15, -0.1) is 0 Å². The first-order chi connectivity index (χ1) is 31.3. The van der Waals surface area contributed by atoms with E-state index in [1.54, 1.807) is 22.2 Å². The summed E-state index contributed by atoms with van der Waals surface area (Å²) in [6.45, 7) is 26.1. The molecule has 0 aromatic heterocycles. The lowest BCUT2D eigenvalue weighted by Gasteiger charge is -2.38. The standard InChI is InChI=1S/C49H72N4O12Si2/c1-15-18-32-22-34(30-64-66(11,12)48(3,4)5)52(28-32)44(54)36-24-40(60-9)42(26-38(36)50-46(56)57)62-20-17-21-63-43-27-39(51-47(58)59)37(25-41(43)61-10)45(55)53-29-33(19-16-2)23-35(53)31-65-67(13,14)49(6,7)8/h15-16,18-19,24-29,34-35,50-51H,17,20-23,30-31H2,1-14H3,(H,56,57)(H,58,59)/b18-15+,19-16+/t34-,35-/m0/s1. The van der Waals surface area contributed by atoms with Gasteiger partial charge in [0.2, 0.25) is 0 Å². The number of nitrogens with one attached hydrogen (secondary N) is 2. The molecule has 0 saturated heterocycles. The van der Waals surface area contributed by atoms with Crippen molar-refractivity contribution >= 4 is 52.0 Å². The number of carboxylic acid groups (broad SMARTS) is 2. The predicted octanol–water partition coefficient (Wildman–Crippen LogP) is 11.1. The number of allylic oxidation sites excluding steroid dienone is 4. The SMILES string of the molecule is C/C=C/C1=CN(C(=O)c2cc(OC)c(OCCCOc3cc(NC(=O)O)c(C(=O)N4C=C(/C=C/C)C[C@H]4CO[Si](C)(C)C(C)(C)C)cc3OC)cc2NC(=O)O)[C@H](CO[Si](C)(C)C(C)(C)C)C1. The van der Waals surface area contributed by atoms with E-state index in [4.69, 9.17) is 27.8 Å². The molecule has 2 aromatic rings. The van der Waals surface area contributed by atoms with E-state index in [-0.39, 0.29) is 80.9 Å². The van der Waals surface area contributed by atoms with Gasteiger partial charge in [-0.25, -0.2) is 9.59 Å².